The van der Waals surface area contributed by atoms with E-state index >= 15 is 0 Å². The molecule has 1 N–H and O–H groups in total. The molecule has 0 atom stereocenters. The fourth-order valence-electron chi connectivity index (χ4n) is 4.28. The van der Waals surface area contributed by atoms with Crippen LogP contribution in [0.15, 0.2) is 48.8 Å². The van der Waals surface area contributed by atoms with Gasteiger partial charge in [-0.15, -0.1) is 0 Å². The van der Waals surface area contributed by atoms with Crippen molar-refractivity contribution in [2.24, 2.45) is 0 Å². The van der Waals surface area contributed by atoms with Crippen molar-refractivity contribution in [2.45, 2.75) is 110 Å². The van der Waals surface area contributed by atoms with E-state index in [0.717, 1.165) is 6.54 Å². The minimum Gasteiger partial charge on any atom is -0.385 e. The van der Waals surface area contributed by atoms with E-state index in [9.17, 15) is 0 Å². The van der Waals surface area contributed by atoms with Gasteiger partial charge in [0.05, 0.1) is 0 Å². The summed E-state index contributed by atoms with van der Waals surface area (Å²) in [6.45, 7) is 3.37. The first-order valence-electron chi connectivity index (χ1n) is 13.8. The zero-order chi connectivity index (χ0) is 23.2. The zero-order valence-corrected chi connectivity index (χ0v) is 21.2. The maximum Gasteiger partial charge on any atom is 0.0340 e. The van der Waals surface area contributed by atoms with Gasteiger partial charge < -0.3 is 5.32 Å². The summed E-state index contributed by atoms with van der Waals surface area (Å²) >= 11 is 0. The molecule has 0 bridgehead atoms. The number of rotatable bonds is 20. The third-order valence-electron chi connectivity index (χ3n) is 6.44. The molecule has 1 heterocycles. The van der Waals surface area contributed by atoms with E-state index in [-0.39, 0.29) is 0 Å². The van der Waals surface area contributed by atoms with Crippen LogP contribution in [0.25, 0.3) is 12.2 Å². The van der Waals surface area contributed by atoms with Crippen molar-refractivity contribution in [1.82, 2.24) is 4.98 Å². The minimum atomic E-state index is 1.07. The summed E-state index contributed by atoms with van der Waals surface area (Å²) in [4.78, 5) is 4.05. The van der Waals surface area contributed by atoms with Gasteiger partial charge in [0.1, 0.15) is 0 Å². The number of hydrogen-bond acceptors (Lipinski definition) is 2. The van der Waals surface area contributed by atoms with Crippen molar-refractivity contribution in [3.8, 4) is 0 Å². The van der Waals surface area contributed by atoms with Gasteiger partial charge in [-0.25, -0.2) is 0 Å². The SMILES string of the molecule is CCCCCCCCCCCCCCCCCCNc1ccc(C=Cc2ccncc2)cc1. The molecule has 0 fully saturated rings. The van der Waals surface area contributed by atoms with Crippen LogP contribution in [0, 0.1) is 0 Å². The average molecular weight is 449 g/mol. The minimum absolute atomic E-state index is 1.07. The highest BCUT2D eigenvalue weighted by molar-refractivity contribution is 5.70. The third-order valence-corrected chi connectivity index (χ3v) is 6.44. The van der Waals surface area contributed by atoms with Crippen LogP contribution < -0.4 is 5.32 Å². The molecule has 2 rings (SSSR count). The first-order valence-corrected chi connectivity index (χ1v) is 13.8. The Balaban J connectivity index is 1.37. The van der Waals surface area contributed by atoms with Crippen molar-refractivity contribution in [3.05, 3.63) is 59.9 Å². The highest BCUT2D eigenvalue weighted by atomic mass is 14.9. The molecule has 0 aliphatic rings. The van der Waals surface area contributed by atoms with Gasteiger partial charge >= 0.3 is 0 Å². The summed E-state index contributed by atoms with van der Waals surface area (Å²) in [5, 5.41) is 3.56. The predicted molar refractivity (Wildman–Crippen MR) is 148 cm³/mol. The normalized spacial score (nSPS) is 11.3. The van der Waals surface area contributed by atoms with Gasteiger partial charge in [0.15, 0.2) is 0 Å². The number of hydrogen-bond donors (Lipinski definition) is 1. The Labute approximate surface area is 204 Å². The molecule has 0 saturated heterocycles. The largest absolute Gasteiger partial charge is 0.385 e. The molecule has 2 aromatic rings. The number of nitrogens with zero attached hydrogens (tertiary/aromatic N) is 1. The Bertz CT molecular complexity index is 705. The van der Waals surface area contributed by atoms with Crippen molar-refractivity contribution < 1.29 is 0 Å². The maximum absolute atomic E-state index is 4.05. The van der Waals surface area contributed by atoms with Crippen LogP contribution in [-0.4, -0.2) is 11.5 Å². The maximum atomic E-state index is 4.05. The highest BCUT2D eigenvalue weighted by Gasteiger charge is 1.96. The zero-order valence-electron chi connectivity index (χ0n) is 21.2. The monoisotopic (exact) mass is 448 g/mol. The first-order chi connectivity index (χ1) is 16.4. The Hall–Kier alpha value is -2.09. The van der Waals surface area contributed by atoms with E-state index < -0.39 is 0 Å². The fourth-order valence-corrected chi connectivity index (χ4v) is 4.28. The van der Waals surface area contributed by atoms with Crippen LogP contribution in [-0.2, 0) is 0 Å². The van der Waals surface area contributed by atoms with E-state index in [1.807, 2.05) is 24.5 Å². The molecule has 2 heteroatoms. The summed E-state index contributed by atoms with van der Waals surface area (Å²) in [6.07, 6.45) is 30.7. The average Bonchev–Trinajstić information content (AvgIpc) is 2.86. The standard InChI is InChI=1S/C31H48N2/c1-2-3-4-5-6-7-8-9-10-11-12-13-14-15-16-17-26-33-31-22-20-29(21-23-31)18-19-30-24-27-32-28-25-30/h18-25,27-28,33H,2-17,26H2,1H3. The van der Waals surface area contributed by atoms with Crippen molar-refractivity contribution in [2.75, 3.05) is 11.9 Å². The summed E-state index contributed by atoms with van der Waals surface area (Å²) in [7, 11) is 0. The smallest absolute Gasteiger partial charge is 0.0340 e. The van der Waals surface area contributed by atoms with Crippen molar-refractivity contribution in [3.63, 3.8) is 0 Å². The van der Waals surface area contributed by atoms with Crippen LogP contribution in [0.3, 0.4) is 0 Å². The van der Waals surface area contributed by atoms with Gasteiger partial charge in [-0.05, 0) is 41.8 Å². The molecule has 2 nitrogen and oxygen atoms in total. The Morgan fingerprint density at radius 2 is 0.970 bits per heavy atom. The van der Waals surface area contributed by atoms with Gasteiger partial charge in [0.2, 0.25) is 0 Å². The van der Waals surface area contributed by atoms with Gasteiger partial charge in [0.25, 0.3) is 0 Å². The number of benzene rings is 1. The molecular formula is C31H48N2. The molecule has 33 heavy (non-hydrogen) atoms. The molecule has 0 radical (unpaired) electrons. The Morgan fingerprint density at radius 1 is 0.545 bits per heavy atom. The van der Waals surface area contributed by atoms with E-state index in [4.69, 9.17) is 0 Å². The molecule has 0 aliphatic carbocycles. The number of anilines is 1. The second-order valence-electron chi connectivity index (χ2n) is 9.47. The lowest BCUT2D eigenvalue weighted by molar-refractivity contribution is 0.530. The van der Waals surface area contributed by atoms with Crippen LogP contribution in [0.5, 0.6) is 0 Å². The topological polar surface area (TPSA) is 24.9 Å². The number of aromatic nitrogens is 1. The lowest BCUT2D eigenvalue weighted by atomic mass is 10.0. The Kier molecular flexibility index (Phi) is 16.0. The fraction of sp³-hybridized carbons (Fsp3) is 0.581. The number of nitrogens with one attached hydrogen (secondary N) is 1. The quantitative estimate of drug-likeness (QED) is 0.204. The first kappa shape index (κ1) is 27.2. The van der Waals surface area contributed by atoms with E-state index in [1.54, 1.807) is 0 Å². The van der Waals surface area contributed by atoms with Crippen LogP contribution in [0.4, 0.5) is 5.69 Å². The van der Waals surface area contributed by atoms with Gasteiger partial charge in [-0.1, -0.05) is 128 Å². The lowest BCUT2D eigenvalue weighted by Gasteiger charge is -2.07. The predicted octanol–water partition coefficient (Wildman–Crippen LogP) is 9.93. The van der Waals surface area contributed by atoms with Crippen LogP contribution in [0.2, 0.25) is 0 Å². The van der Waals surface area contributed by atoms with Crippen molar-refractivity contribution >= 4 is 17.8 Å². The lowest BCUT2D eigenvalue weighted by Crippen LogP contribution is -2.01. The summed E-state index contributed by atoms with van der Waals surface area (Å²) in [6, 6.07) is 12.7. The molecule has 0 saturated carbocycles. The summed E-state index contributed by atoms with van der Waals surface area (Å²) in [5.74, 6) is 0. The van der Waals surface area contributed by atoms with Gasteiger partial charge in [-0.3, -0.25) is 4.98 Å². The second kappa shape index (κ2) is 19.4. The van der Waals surface area contributed by atoms with Crippen LogP contribution in [0.1, 0.15) is 121 Å². The second-order valence-corrected chi connectivity index (χ2v) is 9.47. The van der Waals surface area contributed by atoms with Gasteiger partial charge in [0, 0.05) is 24.6 Å². The molecule has 1 aromatic carbocycles. The molecule has 0 spiro atoms. The summed E-state index contributed by atoms with van der Waals surface area (Å²) < 4.78 is 0. The van der Waals surface area contributed by atoms with E-state index in [1.165, 1.54) is 120 Å². The summed E-state index contributed by atoms with van der Waals surface area (Å²) in [5.41, 5.74) is 3.62. The number of pyridine rings is 1. The highest BCUT2D eigenvalue weighted by Crippen LogP contribution is 2.15. The molecule has 1 aromatic heterocycles. The number of unbranched alkanes of at least 4 members (excludes halogenated alkanes) is 15. The Morgan fingerprint density at radius 3 is 1.45 bits per heavy atom. The molecule has 0 amide bonds. The molecule has 0 unspecified atom stereocenters. The van der Waals surface area contributed by atoms with Gasteiger partial charge in [-0.2, -0.15) is 0 Å². The molecule has 0 aliphatic heterocycles. The van der Waals surface area contributed by atoms with E-state index in [2.05, 4.69) is 53.6 Å². The third kappa shape index (κ3) is 14.6. The van der Waals surface area contributed by atoms with E-state index in [0.29, 0.717) is 0 Å². The van der Waals surface area contributed by atoms with Crippen molar-refractivity contribution in [1.29, 1.82) is 0 Å². The van der Waals surface area contributed by atoms with Crippen LogP contribution >= 0.6 is 0 Å². The molecule has 182 valence electrons. The molecular weight excluding hydrogens is 400 g/mol.